The van der Waals surface area contributed by atoms with E-state index in [-0.39, 0.29) is 11.0 Å². The average molecular weight is 404 g/mol. The lowest BCUT2D eigenvalue weighted by molar-refractivity contribution is 0.313. The Morgan fingerprint density at radius 1 is 1.30 bits per heavy atom. The molecule has 142 valence electrons. The molecule has 0 atom stereocenters. The second kappa shape index (κ2) is 7.90. The smallest absolute Gasteiger partial charge is 0.260 e. The highest BCUT2D eigenvalue weighted by atomic mass is 32.2. The first-order chi connectivity index (χ1) is 13.2. The molecule has 8 heteroatoms. The van der Waals surface area contributed by atoms with Crippen LogP contribution in [0.2, 0.25) is 0 Å². The summed E-state index contributed by atoms with van der Waals surface area (Å²) < 4.78 is 5.40. The molecule has 0 amide bonds. The number of aromatic nitrogens is 3. The number of nitrogens with one attached hydrogen (secondary N) is 2. The van der Waals surface area contributed by atoms with Gasteiger partial charge in [-0.3, -0.25) is 9.59 Å². The molecule has 0 bridgehead atoms. The monoisotopic (exact) mass is 403 g/mol. The van der Waals surface area contributed by atoms with Crippen LogP contribution in [0.4, 0.5) is 0 Å². The highest BCUT2D eigenvalue weighted by Gasteiger charge is 2.19. The van der Waals surface area contributed by atoms with E-state index in [1.807, 2.05) is 6.92 Å². The van der Waals surface area contributed by atoms with Crippen LogP contribution in [0.15, 0.2) is 27.0 Å². The van der Waals surface area contributed by atoms with Gasteiger partial charge in [-0.2, -0.15) is 0 Å². The second-order valence-corrected chi connectivity index (χ2v) is 8.63. The van der Waals surface area contributed by atoms with Crippen molar-refractivity contribution in [2.45, 2.75) is 49.9 Å². The molecule has 27 heavy (non-hydrogen) atoms. The maximum Gasteiger partial charge on any atom is 0.260 e. The van der Waals surface area contributed by atoms with Gasteiger partial charge < -0.3 is 14.7 Å². The Hall–Kier alpha value is -2.06. The molecule has 0 spiro atoms. The van der Waals surface area contributed by atoms with Crippen LogP contribution in [-0.2, 0) is 18.6 Å². The minimum absolute atomic E-state index is 0.0568. The first-order valence-corrected chi connectivity index (χ1v) is 11.0. The summed E-state index contributed by atoms with van der Waals surface area (Å²) >= 11 is 3.05. The van der Waals surface area contributed by atoms with Gasteiger partial charge in [0.25, 0.3) is 5.56 Å². The fraction of sp³-hybridized carbons (Fsp3) is 0.421. The van der Waals surface area contributed by atoms with Gasteiger partial charge in [0, 0.05) is 28.6 Å². The number of pyridine rings is 1. The molecule has 0 aliphatic heterocycles. The van der Waals surface area contributed by atoms with Crippen LogP contribution in [0.1, 0.15) is 42.3 Å². The van der Waals surface area contributed by atoms with Gasteiger partial charge in [0.1, 0.15) is 4.83 Å². The minimum atomic E-state index is -0.138. The molecule has 6 nitrogen and oxygen atoms in total. The van der Waals surface area contributed by atoms with Crippen molar-refractivity contribution in [2.24, 2.45) is 0 Å². The normalized spacial score (nSPS) is 13.7. The van der Waals surface area contributed by atoms with Gasteiger partial charge in [-0.1, -0.05) is 18.7 Å². The molecule has 0 fully saturated rings. The Labute approximate surface area is 164 Å². The number of aromatic amines is 2. The molecule has 0 aromatic carbocycles. The summed E-state index contributed by atoms with van der Waals surface area (Å²) in [7, 11) is 0. The van der Waals surface area contributed by atoms with E-state index >= 15 is 0 Å². The second-order valence-electron chi connectivity index (χ2n) is 6.59. The van der Waals surface area contributed by atoms with E-state index in [0.717, 1.165) is 41.6 Å². The van der Waals surface area contributed by atoms with Crippen LogP contribution in [0.5, 0.6) is 5.75 Å². The van der Waals surface area contributed by atoms with E-state index in [0.29, 0.717) is 23.3 Å². The topological polar surface area (TPSA) is 87.8 Å². The lowest BCUT2D eigenvalue weighted by Crippen LogP contribution is -2.11. The van der Waals surface area contributed by atoms with Crippen LogP contribution in [0.25, 0.3) is 10.2 Å². The van der Waals surface area contributed by atoms with E-state index in [9.17, 15) is 9.59 Å². The largest absolute Gasteiger partial charge is 0.488 e. The maximum atomic E-state index is 12.6. The number of ether oxygens (including phenoxy) is 1. The lowest BCUT2D eigenvalue weighted by atomic mass is 9.97. The number of aryl methyl sites for hydroxylation is 2. The number of fused-ring (bicyclic) bond motifs is 3. The summed E-state index contributed by atoms with van der Waals surface area (Å²) in [6.45, 7) is 2.51. The molecule has 2 N–H and O–H groups in total. The zero-order valence-electron chi connectivity index (χ0n) is 15.1. The van der Waals surface area contributed by atoms with Gasteiger partial charge in [0.15, 0.2) is 10.9 Å². The van der Waals surface area contributed by atoms with Crippen LogP contribution in [0, 0.1) is 0 Å². The third-order valence-corrected chi connectivity index (χ3v) is 6.67. The molecular formula is C19H21N3O3S2. The number of nitrogens with zero attached hydrogens (tertiary/aromatic N) is 1. The number of H-pyrrole nitrogens is 2. The summed E-state index contributed by atoms with van der Waals surface area (Å²) in [5, 5.41) is 1.35. The van der Waals surface area contributed by atoms with Crippen molar-refractivity contribution in [3.8, 4) is 5.75 Å². The third kappa shape index (κ3) is 3.82. The Kier molecular flexibility index (Phi) is 5.36. The van der Waals surface area contributed by atoms with E-state index in [4.69, 9.17) is 4.74 Å². The molecule has 0 saturated carbocycles. The summed E-state index contributed by atoms with van der Waals surface area (Å²) in [6.07, 6.45) is 6.79. The molecule has 3 aromatic rings. The zero-order chi connectivity index (χ0) is 18.8. The van der Waals surface area contributed by atoms with Crippen molar-refractivity contribution in [2.75, 3.05) is 6.61 Å². The molecule has 3 aromatic heterocycles. The molecule has 0 saturated heterocycles. The quantitative estimate of drug-likeness (QED) is 0.485. The first-order valence-electron chi connectivity index (χ1n) is 9.17. The number of hydrogen-bond donors (Lipinski definition) is 2. The van der Waals surface area contributed by atoms with Crippen molar-refractivity contribution >= 4 is 33.3 Å². The van der Waals surface area contributed by atoms with E-state index in [1.54, 1.807) is 23.6 Å². The van der Waals surface area contributed by atoms with Crippen molar-refractivity contribution < 1.29 is 4.74 Å². The average Bonchev–Trinajstić information content (AvgIpc) is 3.04. The van der Waals surface area contributed by atoms with Gasteiger partial charge >= 0.3 is 0 Å². The summed E-state index contributed by atoms with van der Waals surface area (Å²) in [5.41, 5.74) is 1.76. The standard InChI is InChI=1S/C19H21N3O3S2/c1-2-7-25-14-9-20-11(8-13(14)23)10-26-19-21-17(24)16-12-5-3-4-6-15(12)27-18(16)22-19/h8-9H,2-7,10H2,1H3,(H,20,23)(H,21,22,24). The summed E-state index contributed by atoms with van der Waals surface area (Å²) in [4.78, 5) is 37.4. The number of thiophene rings is 1. The van der Waals surface area contributed by atoms with Crippen molar-refractivity contribution in [1.29, 1.82) is 0 Å². The zero-order valence-corrected chi connectivity index (χ0v) is 16.7. The van der Waals surface area contributed by atoms with E-state index in [2.05, 4.69) is 15.0 Å². The molecule has 3 heterocycles. The number of rotatable bonds is 6. The molecule has 0 radical (unpaired) electrons. The van der Waals surface area contributed by atoms with Gasteiger partial charge in [-0.05, 0) is 37.7 Å². The Morgan fingerprint density at radius 3 is 2.96 bits per heavy atom. The first kappa shape index (κ1) is 18.3. The van der Waals surface area contributed by atoms with Crippen molar-refractivity contribution in [1.82, 2.24) is 15.0 Å². The van der Waals surface area contributed by atoms with Crippen molar-refractivity contribution in [3.63, 3.8) is 0 Å². The van der Waals surface area contributed by atoms with Gasteiger partial charge in [0.05, 0.1) is 12.0 Å². The highest BCUT2D eigenvalue weighted by molar-refractivity contribution is 7.98. The van der Waals surface area contributed by atoms with Gasteiger partial charge in [0.2, 0.25) is 5.43 Å². The lowest BCUT2D eigenvalue weighted by Gasteiger charge is -2.09. The van der Waals surface area contributed by atoms with Crippen LogP contribution < -0.4 is 15.7 Å². The van der Waals surface area contributed by atoms with Crippen LogP contribution in [0.3, 0.4) is 0 Å². The maximum absolute atomic E-state index is 12.6. The van der Waals surface area contributed by atoms with Gasteiger partial charge in [-0.25, -0.2) is 4.98 Å². The molecule has 1 aliphatic carbocycles. The molecular weight excluding hydrogens is 382 g/mol. The van der Waals surface area contributed by atoms with E-state index in [1.165, 1.54) is 28.6 Å². The fourth-order valence-electron chi connectivity index (χ4n) is 3.27. The highest BCUT2D eigenvalue weighted by Crippen LogP contribution is 2.34. The Morgan fingerprint density at radius 2 is 2.15 bits per heavy atom. The summed E-state index contributed by atoms with van der Waals surface area (Å²) in [5.74, 6) is 0.853. The number of thioether (sulfide) groups is 1. The SMILES string of the molecule is CCCOc1c[nH]c(CSc2nc3sc4c(c3c(=O)[nH]2)CCCC4)cc1=O. The molecule has 4 rings (SSSR count). The molecule has 1 aliphatic rings. The van der Waals surface area contributed by atoms with Crippen LogP contribution in [-0.4, -0.2) is 21.6 Å². The van der Waals surface area contributed by atoms with Gasteiger partial charge in [-0.15, -0.1) is 11.3 Å². The number of hydrogen-bond acceptors (Lipinski definition) is 6. The van der Waals surface area contributed by atoms with E-state index < -0.39 is 0 Å². The minimum Gasteiger partial charge on any atom is -0.488 e. The Bertz CT molecular complexity index is 1080. The third-order valence-electron chi connectivity index (χ3n) is 4.57. The van der Waals surface area contributed by atoms with Crippen molar-refractivity contribution in [3.05, 3.63) is 49.0 Å². The Balaban J connectivity index is 1.53. The predicted octanol–water partition coefficient (Wildman–Crippen LogP) is 3.63. The van der Waals surface area contributed by atoms with Crippen LogP contribution >= 0.6 is 23.1 Å². The fourth-order valence-corrected chi connectivity index (χ4v) is 5.37. The summed E-state index contributed by atoms with van der Waals surface area (Å²) in [6, 6.07) is 1.54. The molecule has 0 unspecified atom stereocenters. The predicted molar refractivity (Wildman–Crippen MR) is 109 cm³/mol.